The van der Waals surface area contributed by atoms with Crippen LogP contribution in [-0.4, -0.2) is 48.8 Å². The second kappa shape index (κ2) is 7.92. The smallest absolute Gasteiger partial charge is 0.259 e. The number of ketones is 1. The largest absolute Gasteiger partial charge is 0.497 e. The number of fused-ring (bicyclic) bond motifs is 6. The lowest BCUT2D eigenvalue weighted by Gasteiger charge is -2.26. The maximum Gasteiger partial charge on any atom is 0.259 e. The van der Waals surface area contributed by atoms with Gasteiger partial charge in [-0.25, -0.2) is 0 Å². The zero-order valence-corrected chi connectivity index (χ0v) is 18.7. The number of carbonyl (C=O) groups is 1. The summed E-state index contributed by atoms with van der Waals surface area (Å²) >= 11 is 0. The standard InChI is InChI=1S/C26H26N2O5/c1-31-16-6-7-17-20(12-16)26(30)28(11-5-10-27-8-3-2-4-9-27)24-18-13-21-22(33-15-32-21)14-19(18)25(29)23(17)24/h6-7,12-14H,2-5,8-11,15H2,1H3. The molecule has 33 heavy (non-hydrogen) atoms. The molecule has 0 bridgehead atoms. The summed E-state index contributed by atoms with van der Waals surface area (Å²) in [5.41, 5.74) is 2.46. The van der Waals surface area contributed by atoms with Crippen molar-refractivity contribution in [3.8, 4) is 28.5 Å². The number of carbonyl (C=O) groups excluding carboxylic acids is 1. The number of piperidine rings is 1. The first kappa shape index (κ1) is 20.3. The third kappa shape index (κ3) is 3.22. The summed E-state index contributed by atoms with van der Waals surface area (Å²) < 4.78 is 18.2. The van der Waals surface area contributed by atoms with E-state index < -0.39 is 0 Å². The Kier molecular flexibility index (Phi) is 4.87. The number of rotatable bonds is 5. The van der Waals surface area contributed by atoms with E-state index in [0.717, 1.165) is 31.6 Å². The van der Waals surface area contributed by atoms with Crippen LogP contribution in [0.4, 0.5) is 0 Å². The molecule has 2 aliphatic heterocycles. The molecule has 0 amide bonds. The van der Waals surface area contributed by atoms with Gasteiger partial charge in [0.1, 0.15) is 5.75 Å². The maximum atomic E-state index is 13.7. The molecule has 0 atom stereocenters. The Morgan fingerprint density at radius 2 is 1.67 bits per heavy atom. The fourth-order valence-corrected chi connectivity index (χ4v) is 5.37. The number of pyridine rings is 1. The van der Waals surface area contributed by atoms with Crippen molar-refractivity contribution in [2.24, 2.45) is 0 Å². The minimum Gasteiger partial charge on any atom is -0.497 e. The molecule has 1 aliphatic carbocycles. The van der Waals surface area contributed by atoms with Gasteiger partial charge in [-0.2, -0.15) is 0 Å². The molecule has 7 nitrogen and oxygen atoms in total. The number of aromatic nitrogens is 1. The average Bonchev–Trinajstić information content (AvgIpc) is 3.42. The summed E-state index contributed by atoms with van der Waals surface area (Å²) in [6, 6.07) is 8.94. The van der Waals surface area contributed by atoms with Crippen LogP contribution in [0.3, 0.4) is 0 Å². The van der Waals surface area contributed by atoms with Crippen molar-refractivity contribution in [1.29, 1.82) is 0 Å². The first-order valence-corrected chi connectivity index (χ1v) is 11.6. The van der Waals surface area contributed by atoms with Gasteiger partial charge in [0.2, 0.25) is 6.79 Å². The van der Waals surface area contributed by atoms with E-state index in [1.807, 2.05) is 12.1 Å². The Morgan fingerprint density at radius 3 is 2.42 bits per heavy atom. The average molecular weight is 447 g/mol. The van der Waals surface area contributed by atoms with Crippen LogP contribution in [0.1, 0.15) is 41.6 Å². The lowest BCUT2D eigenvalue weighted by atomic mass is 10.0. The Hall–Kier alpha value is -3.32. The van der Waals surface area contributed by atoms with E-state index in [0.29, 0.717) is 51.4 Å². The zero-order valence-electron chi connectivity index (χ0n) is 18.7. The van der Waals surface area contributed by atoms with E-state index in [-0.39, 0.29) is 18.1 Å². The SMILES string of the molecule is COc1ccc2c3c(n(CCCN4CCCCC4)c(=O)c2c1)-c1cc2c(cc1C3=O)OCO2. The zero-order chi connectivity index (χ0) is 22.5. The Labute approximate surface area is 191 Å². The molecule has 3 aromatic rings. The van der Waals surface area contributed by atoms with Gasteiger partial charge in [-0.1, -0.05) is 6.42 Å². The van der Waals surface area contributed by atoms with Crippen LogP contribution in [0.15, 0.2) is 35.1 Å². The summed E-state index contributed by atoms with van der Waals surface area (Å²) in [4.78, 5) is 29.8. The lowest BCUT2D eigenvalue weighted by molar-refractivity contribution is 0.104. The molecule has 3 heterocycles. The van der Waals surface area contributed by atoms with Crippen molar-refractivity contribution in [2.45, 2.75) is 32.2 Å². The normalized spacial score (nSPS) is 16.8. The van der Waals surface area contributed by atoms with Gasteiger partial charge < -0.3 is 23.7 Å². The van der Waals surface area contributed by atoms with E-state index in [1.54, 1.807) is 29.9 Å². The molecule has 3 aliphatic rings. The highest BCUT2D eigenvalue weighted by Crippen LogP contribution is 2.46. The summed E-state index contributed by atoms with van der Waals surface area (Å²) in [6.07, 6.45) is 4.61. The van der Waals surface area contributed by atoms with Crippen LogP contribution in [-0.2, 0) is 6.54 Å². The van der Waals surface area contributed by atoms with Crippen LogP contribution in [0.5, 0.6) is 17.2 Å². The summed E-state index contributed by atoms with van der Waals surface area (Å²) in [7, 11) is 1.58. The predicted octanol–water partition coefficient (Wildman–Crippen LogP) is 3.83. The van der Waals surface area contributed by atoms with Crippen molar-refractivity contribution < 1.29 is 19.0 Å². The molecule has 0 N–H and O–H groups in total. The highest BCUT2D eigenvalue weighted by Gasteiger charge is 2.35. The molecular formula is C26H26N2O5. The molecule has 2 aromatic carbocycles. The fourth-order valence-electron chi connectivity index (χ4n) is 5.37. The van der Waals surface area contributed by atoms with E-state index in [9.17, 15) is 9.59 Å². The second-order valence-electron chi connectivity index (χ2n) is 8.93. The van der Waals surface area contributed by atoms with Gasteiger partial charge in [0.25, 0.3) is 5.56 Å². The summed E-state index contributed by atoms with van der Waals surface area (Å²) in [5, 5.41) is 1.17. The van der Waals surface area contributed by atoms with Gasteiger partial charge in [0, 0.05) is 23.1 Å². The molecule has 170 valence electrons. The third-order valence-electron chi connectivity index (χ3n) is 7.02. The van der Waals surface area contributed by atoms with Crippen molar-refractivity contribution >= 4 is 16.6 Å². The van der Waals surface area contributed by atoms with Gasteiger partial charge in [-0.3, -0.25) is 9.59 Å². The second-order valence-corrected chi connectivity index (χ2v) is 8.93. The minimum absolute atomic E-state index is 0.0850. The fraction of sp³-hybridized carbons (Fsp3) is 0.385. The third-order valence-corrected chi connectivity index (χ3v) is 7.02. The van der Waals surface area contributed by atoms with E-state index >= 15 is 0 Å². The number of likely N-dealkylation sites (tertiary alicyclic amines) is 1. The Bertz CT molecular complexity index is 1340. The molecule has 7 heteroatoms. The van der Waals surface area contributed by atoms with Crippen molar-refractivity contribution in [3.63, 3.8) is 0 Å². The van der Waals surface area contributed by atoms with E-state index in [1.165, 1.54) is 19.3 Å². The van der Waals surface area contributed by atoms with Gasteiger partial charge in [0.05, 0.1) is 23.8 Å². The first-order valence-electron chi connectivity index (χ1n) is 11.6. The van der Waals surface area contributed by atoms with Crippen LogP contribution >= 0.6 is 0 Å². The summed E-state index contributed by atoms with van der Waals surface area (Å²) in [5.74, 6) is 1.69. The van der Waals surface area contributed by atoms with Crippen LogP contribution in [0, 0.1) is 0 Å². The monoisotopic (exact) mass is 446 g/mol. The number of ether oxygens (including phenoxy) is 3. The van der Waals surface area contributed by atoms with Gasteiger partial charge in [-0.15, -0.1) is 0 Å². The molecule has 1 aromatic heterocycles. The highest BCUT2D eigenvalue weighted by molar-refractivity contribution is 6.27. The highest BCUT2D eigenvalue weighted by atomic mass is 16.7. The van der Waals surface area contributed by atoms with Crippen LogP contribution < -0.4 is 19.8 Å². The molecule has 0 unspecified atom stereocenters. The van der Waals surface area contributed by atoms with Crippen molar-refractivity contribution in [2.75, 3.05) is 33.5 Å². The van der Waals surface area contributed by atoms with Crippen molar-refractivity contribution in [3.05, 3.63) is 51.8 Å². The molecule has 0 radical (unpaired) electrons. The number of benzene rings is 2. The maximum absolute atomic E-state index is 13.7. The first-order chi connectivity index (χ1) is 16.2. The van der Waals surface area contributed by atoms with Gasteiger partial charge in [-0.05, 0) is 69.2 Å². The van der Waals surface area contributed by atoms with E-state index in [2.05, 4.69) is 4.90 Å². The molecule has 0 saturated carbocycles. The van der Waals surface area contributed by atoms with E-state index in [4.69, 9.17) is 14.2 Å². The topological polar surface area (TPSA) is 70.0 Å². The molecule has 1 saturated heterocycles. The number of nitrogens with zero attached hydrogens (tertiary/aromatic N) is 2. The predicted molar refractivity (Wildman–Crippen MR) is 125 cm³/mol. The van der Waals surface area contributed by atoms with Crippen LogP contribution in [0.2, 0.25) is 0 Å². The molecule has 6 rings (SSSR count). The molecule has 0 spiro atoms. The van der Waals surface area contributed by atoms with Crippen molar-refractivity contribution in [1.82, 2.24) is 9.47 Å². The minimum atomic E-state index is -0.0976. The van der Waals surface area contributed by atoms with Gasteiger partial charge in [0.15, 0.2) is 17.3 Å². The lowest BCUT2D eigenvalue weighted by Crippen LogP contribution is -2.32. The molecular weight excluding hydrogens is 420 g/mol. The number of hydrogen-bond donors (Lipinski definition) is 0. The Balaban J connectivity index is 1.50. The summed E-state index contributed by atoms with van der Waals surface area (Å²) in [6.45, 7) is 3.87. The quantitative estimate of drug-likeness (QED) is 0.464. The number of hydrogen-bond acceptors (Lipinski definition) is 6. The number of methoxy groups -OCH3 is 1. The molecule has 1 fully saturated rings. The van der Waals surface area contributed by atoms with Crippen LogP contribution in [0.25, 0.3) is 22.0 Å². The van der Waals surface area contributed by atoms with Gasteiger partial charge >= 0.3 is 0 Å². The Morgan fingerprint density at radius 1 is 0.909 bits per heavy atom.